The van der Waals surface area contributed by atoms with Gasteiger partial charge < -0.3 is 14.0 Å². The van der Waals surface area contributed by atoms with Crippen molar-refractivity contribution in [3.63, 3.8) is 0 Å². The molecule has 1 aromatic rings. The summed E-state index contributed by atoms with van der Waals surface area (Å²) in [5, 5.41) is 10.8. The fourth-order valence-corrected chi connectivity index (χ4v) is 3.56. The van der Waals surface area contributed by atoms with Crippen LogP contribution in [0.25, 0.3) is 0 Å². The van der Waals surface area contributed by atoms with Crippen molar-refractivity contribution in [2.75, 3.05) is 0 Å². The van der Waals surface area contributed by atoms with Crippen LogP contribution in [0.15, 0.2) is 18.2 Å². The monoisotopic (exact) mass is 354 g/mol. The van der Waals surface area contributed by atoms with Crippen LogP contribution in [0.3, 0.4) is 0 Å². The van der Waals surface area contributed by atoms with Crippen molar-refractivity contribution in [3.8, 4) is 17.2 Å². The number of aromatic hydroxyl groups is 1. The Kier molecular flexibility index (Phi) is 5.39. The lowest BCUT2D eigenvalue weighted by Gasteiger charge is -2.38. The molecule has 0 aliphatic carbocycles. The van der Waals surface area contributed by atoms with E-state index in [9.17, 15) is 5.11 Å². The van der Waals surface area contributed by atoms with Crippen molar-refractivity contribution in [2.45, 2.75) is 77.8 Å². The van der Waals surface area contributed by atoms with E-state index in [0.717, 1.165) is 0 Å². The van der Waals surface area contributed by atoms with Crippen LogP contribution >= 0.6 is 0 Å². The molecule has 0 unspecified atom stereocenters. The molecular formula is C18H34O3Si2. The Labute approximate surface area is 144 Å². The molecule has 0 aromatic heterocycles. The van der Waals surface area contributed by atoms with Crippen LogP contribution in [0, 0.1) is 0 Å². The Morgan fingerprint density at radius 3 is 1.30 bits per heavy atom. The lowest BCUT2D eigenvalue weighted by Crippen LogP contribution is -2.44. The van der Waals surface area contributed by atoms with E-state index in [1.54, 1.807) is 0 Å². The lowest BCUT2D eigenvalue weighted by atomic mass is 10.2. The maximum atomic E-state index is 10.6. The van der Waals surface area contributed by atoms with Gasteiger partial charge >= 0.3 is 0 Å². The van der Waals surface area contributed by atoms with Crippen LogP contribution in [0.2, 0.25) is 36.3 Å². The van der Waals surface area contributed by atoms with E-state index in [1.807, 2.05) is 18.2 Å². The lowest BCUT2D eigenvalue weighted by molar-refractivity contribution is 0.392. The van der Waals surface area contributed by atoms with Gasteiger partial charge in [-0.1, -0.05) is 47.6 Å². The predicted molar refractivity (Wildman–Crippen MR) is 104 cm³/mol. The van der Waals surface area contributed by atoms with Gasteiger partial charge in [-0.3, -0.25) is 0 Å². The third-order valence-corrected chi connectivity index (χ3v) is 14.0. The van der Waals surface area contributed by atoms with Crippen molar-refractivity contribution in [1.82, 2.24) is 0 Å². The summed E-state index contributed by atoms with van der Waals surface area (Å²) in [7, 11) is -4.00. The Morgan fingerprint density at radius 2 is 1.04 bits per heavy atom. The summed E-state index contributed by atoms with van der Waals surface area (Å²) in [6.07, 6.45) is 0. The summed E-state index contributed by atoms with van der Waals surface area (Å²) < 4.78 is 12.5. The molecular weight excluding hydrogens is 320 g/mol. The first-order valence-electron chi connectivity index (χ1n) is 8.28. The van der Waals surface area contributed by atoms with E-state index in [-0.39, 0.29) is 15.8 Å². The first-order valence-corrected chi connectivity index (χ1v) is 14.1. The highest BCUT2D eigenvalue weighted by molar-refractivity contribution is 6.75. The fraction of sp³-hybridized carbons (Fsp3) is 0.667. The van der Waals surface area contributed by atoms with Crippen LogP contribution in [-0.2, 0) is 0 Å². The summed E-state index contributed by atoms with van der Waals surface area (Å²) in [5.41, 5.74) is 0. The minimum Gasteiger partial charge on any atom is -0.541 e. The van der Waals surface area contributed by atoms with E-state index in [2.05, 4.69) is 67.7 Å². The molecule has 1 N–H and O–H groups in total. The van der Waals surface area contributed by atoms with Gasteiger partial charge in [0.05, 0.1) is 0 Å². The number of benzene rings is 1. The summed E-state index contributed by atoms with van der Waals surface area (Å²) in [5.74, 6) is 1.20. The van der Waals surface area contributed by atoms with Gasteiger partial charge in [0.2, 0.25) is 0 Å². The number of phenols is 1. The van der Waals surface area contributed by atoms with E-state index < -0.39 is 16.6 Å². The summed E-state index contributed by atoms with van der Waals surface area (Å²) in [6, 6.07) is 5.55. The molecule has 23 heavy (non-hydrogen) atoms. The topological polar surface area (TPSA) is 38.7 Å². The second-order valence-electron chi connectivity index (χ2n) is 9.33. The SMILES string of the molecule is CC(C)(C)[Si](C)(C)Oc1cccc(O[Si](C)(C)C(C)(C)C)c1O. The Hall–Kier alpha value is -0.946. The smallest absolute Gasteiger partial charge is 0.250 e. The molecule has 0 fully saturated rings. The molecule has 0 aliphatic heterocycles. The van der Waals surface area contributed by atoms with Crippen LogP contribution < -0.4 is 8.85 Å². The third kappa shape index (κ3) is 4.54. The van der Waals surface area contributed by atoms with Gasteiger partial charge in [-0.05, 0) is 48.4 Å². The van der Waals surface area contributed by atoms with Gasteiger partial charge in [-0.25, -0.2) is 0 Å². The van der Waals surface area contributed by atoms with Gasteiger partial charge in [-0.15, -0.1) is 0 Å². The van der Waals surface area contributed by atoms with E-state index in [0.29, 0.717) is 11.5 Å². The standard InChI is InChI=1S/C18H34O3Si2/c1-17(2,3)22(7,8)20-14-12-11-13-15(16(14)19)21-23(9,10)18(4,5)6/h11-13,19H,1-10H3. The zero-order chi connectivity index (χ0) is 18.3. The zero-order valence-corrected chi connectivity index (χ0v) is 18.5. The molecule has 0 radical (unpaired) electrons. The zero-order valence-electron chi connectivity index (χ0n) is 16.5. The van der Waals surface area contributed by atoms with Crippen LogP contribution in [0.1, 0.15) is 41.5 Å². The number of hydrogen-bond donors (Lipinski definition) is 1. The van der Waals surface area contributed by atoms with Gasteiger partial charge in [-0.2, -0.15) is 0 Å². The molecule has 132 valence electrons. The van der Waals surface area contributed by atoms with E-state index in [4.69, 9.17) is 8.85 Å². The second kappa shape index (κ2) is 6.17. The summed E-state index contributed by atoms with van der Waals surface area (Å²) in [4.78, 5) is 0. The van der Waals surface area contributed by atoms with E-state index in [1.165, 1.54) is 0 Å². The minimum atomic E-state index is -2.00. The molecule has 0 amide bonds. The molecule has 1 aromatic carbocycles. The van der Waals surface area contributed by atoms with E-state index >= 15 is 0 Å². The molecule has 0 saturated carbocycles. The van der Waals surface area contributed by atoms with Crippen molar-refractivity contribution < 1.29 is 14.0 Å². The van der Waals surface area contributed by atoms with Gasteiger partial charge in [0.1, 0.15) is 11.5 Å². The Bertz CT molecular complexity index is 506. The first kappa shape index (κ1) is 20.1. The Balaban J connectivity index is 3.14. The molecule has 0 saturated heterocycles. The van der Waals surface area contributed by atoms with Gasteiger partial charge in [0.25, 0.3) is 16.6 Å². The highest BCUT2D eigenvalue weighted by Gasteiger charge is 2.41. The van der Waals surface area contributed by atoms with Gasteiger partial charge in [0, 0.05) is 0 Å². The predicted octanol–water partition coefficient (Wildman–Crippen LogP) is 6.16. The molecule has 1 rings (SSSR count). The molecule has 0 bridgehead atoms. The average molecular weight is 355 g/mol. The van der Waals surface area contributed by atoms with Crippen molar-refractivity contribution in [1.29, 1.82) is 0 Å². The normalized spacial score (nSPS) is 13.8. The van der Waals surface area contributed by atoms with Crippen molar-refractivity contribution in [2.24, 2.45) is 0 Å². The number of rotatable bonds is 4. The maximum absolute atomic E-state index is 10.6. The number of phenolic OH excluding ortho intramolecular Hbond substituents is 1. The van der Waals surface area contributed by atoms with Crippen molar-refractivity contribution in [3.05, 3.63) is 18.2 Å². The van der Waals surface area contributed by atoms with Crippen LogP contribution in [0.4, 0.5) is 0 Å². The molecule has 0 heterocycles. The third-order valence-electron chi connectivity index (χ3n) is 5.30. The highest BCUT2D eigenvalue weighted by atomic mass is 28.4. The molecule has 0 spiro atoms. The highest BCUT2D eigenvalue weighted by Crippen LogP contribution is 2.45. The number of hydrogen-bond acceptors (Lipinski definition) is 3. The average Bonchev–Trinajstić information content (AvgIpc) is 2.31. The first-order chi connectivity index (χ1) is 10.1. The fourth-order valence-electron chi connectivity index (χ4n) is 1.52. The Morgan fingerprint density at radius 1 is 0.739 bits per heavy atom. The van der Waals surface area contributed by atoms with Crippen LogP contribution in [-0.4, -0.2) is 21.7 Å². The molecule has 0 atom stereocenters. The summed E-state index contributed by atoms with van der Waals surface area (Å²) >= 11 is 0. The summed E-state index contributed by atoms with van der Waals surface area (Å²) in [6.45, 7) is 21.8. The molecule has 0 aliphatic rings. The number of para-hydroxylation sites is 1. The molecule has 5 heteroatoms. The molecule has 3 nitrogen and oxygen atoms in total. The quantitative estimate of drug-likeness (QED) is 0.658. The second-order valence-corrected chi connectivity index (χ2v) is 18.8. The van der Waals surface area contributed by atoms with Crippen LogP contribution in [0.5, 0.6) is 17.2 Å². The van der Waals surface area contributed by atoms with Gasteiger partial charge in [0.15, 0.2) is 5.75 Å². The minimum absolute atomic E-state index is 0.0791. The van der Waals surface area contributed by atoms with Crippen molar-refractivity contribution >= 4 is 16.6 Å². The largest absolute Gasteiger partial charge is 0.541 e. The maximum Gasteiger partial charge on any atom is 0.250 e.